The molecule has 0 spiro atoms. The number of hydrogen-bond acceptors (Lipinski definition) is 5. The van der Waals surface area contributed by atoms with E-state index in [2.05, 4.69) is 85.3 Å². The average molecular weight is 507 g/mol. The van der Waals surface area contributed by atoms with Crippen LogP contribution in [0.5, 0.6) is 0 Å². The van der Waals surface area contributed by atoms with Crippen LogP contribution in [0, 0.1) is 6.92 Å². The number of fused-ring (bicyclic) bond motifs is 1. The quantitative estimate of drug-likeness (QED) is 0.204. The molecular formula is C33H38N4O. The maximum Gasteiger partial charge on any atom is 0.150 e. The molecule has 0 bridgehead atoms. The van der Waals surface area contributed by atoms with Crippen molar-refractivity contribution >= 4 is 34.2 Å². The summed E-state index contributed by atoms with van der Waals surface area (Å²) in [7, 11) is 0. The third kappa shape index (κ3) is 5.83. The largest absolute Gasteiger partial charge is 0.465 e. The molecule has 1 aliphatic rings. The van der Waals surface area contributed by atoms with Crippen molar-refractivity contribution < 1.29 is 4.42 Å². The molecule has 2 aromatic heterocycles. The van der Waals surface area contributed by atoms with Gasteiger partial charge in [0.15, 0.2) is 0 Å². The molecule has 0 amide bonds. The van der Waals surface area contributed by atoms with Crippen molar-refractivity contribution in [2.45, 2.75) is 58.9 Å². The SMILES string of the molecule is CCCCN(CCCC)c1ccc(C2CC(C=Cc3ccco3)=NN2c2cc(C)c3ccccc3n2)cc1. The second-order valence-electron chi connectivity index (χ2n) is 10.1. The van der Waals surface area contributed by atoms with Gasteiger partial charge in [-0.05, 0) is 79.4 Å². The number of aromatic nitrogens is 1. The van der Waals surface area contributed by atoms with E-state index < -0.39 is 0 Å². The van der Waals surface area contributed by atoms with Gasteiger partial charge in [-0.25, -0.2) is 9.99 Å². The molecule has 5 nitrogen and oxygen atoms in total. The van der Waals surface area contributed by atoms with Crippen molar-refractivity contribution in [2.75, 3.05) is 23.0 Å². The van der Waals surface area contributed by atoms with E-state index in [9.17, 15) is 0 Å². The van der Waals surface area contributed by atoms with Crippen LogP contribution in [-0.2, 0) is 0 Å². The summed E-state index contributed by atoms with van der Waals surface area (Å²) in [6.07, 6.45) is 11.4. The van der Waals surface area contributed by atoms with Gasteiger partial charge in [-0.2, -0.15) is 5.10 Å². The lowest BCUT2D eigenvalue weighted by Crippen LogP contribution is -2.25. The Morgan fingerprint density at radius 2 is 1.71 bits per heavy atom. The number of hydrazone groups is 1. The minimum absolute atomic E-state index is 0.0769. The van der Waals surface area contributed by atoms with Crippen molar-refractivity contribution in [1.82, 2.24) is 4.98 Å². The van der Waals surface area contributed by atoms with Gasteiger partial charge >= 0.3 is 0 Å². The van der Waals surface area contributed by atoms with Crippen LogP contribution in [-0.4, -0.2) is 23.8 Å². The number of rotatable bonds is 11. The van der Waals surface area contributed by atoms with Gasteiger partial charge in [-0.3, -0.25) is 0 Å². The highest BCUT2D eigenvalue weighted by Crippen LogP contribution is 2.37. The molecule has 0 radical (unpaired) electrons. The molecular weight excluding hydrogens is 468 g/mol. The number of allylic oxidation sites excluding steroid dienone is 1. The second kappa shape index (κ2) is 12.1. The first-order valence-corrected chi connectivity index (χ1v) is 14.0. The van der Waals surface area contributed by atoms with Gasteiger partial charge in [-0.15, -0.1) is 0 Å². The molecule has 0 aliphatic carbocycles. The average Bonchev–Trinajstić information content (AvgIpc) is 3.62. The van der Waals surface area contributed by atoms with E-state index in [1.165, 1.54) is 47.9 Å². The second-order valence-corrected chi connectivity index (χ2v) is 10.1. The normalized spacial score (nSPS) is 15.5. The van der Waals surface area contributed by atoms with Crippen LogP contribution in [0.2, 0.25) is 0 Å². The number of aryl methyl sites for hydroxylation is 1. The number of para-hydroxylation sites is 1. The topological polar surface area (TPSA) is 44.9 Å². The van der Waals surface area contributed by atoms with E-state index in [0.717, 1.165) is 42.3 Å². The zero-order chi connectivity index (χ0) is 26.3. The third-order valence-electron chi connectivity index (χ3n) is 7.27. The van der Waals surface area contributed by atoms with Gasteiger partial charge in [0.25, 0.3) is 0 Å². The van der Waals surface area contributed by atoms with Gasteiger partial charge in [0, 0.05) is 30.6 Å². The van der Waals surface area contributed by atoms with Crippen molar-refractivity contribution in [1.29, 1.82) is 0 Å². The van der Waals surface area contributed by atoms with E-state index in [1.807, 2.05) is 24.3 Å². The Morgan fingerprint density at radius 3 is 2.42 bits per heavy atom. The first kappa shape index (κ1) is 25.8. The first-order valence-electron chi connectivity index (χ1n) is 14.0. The fourth-order valence-corrected chi connectivity index (χ4v) is 5.09. The molecule has 1 atom stereocenters. The van der Waals surface area contributed by atoms with Crippen molar-refractivity contribution in [3.8, 4) is 0 Å². The summed E-state index contributed by atoms with van der Waals surface area (Å²) in [5, 5.41) is 8.33. The fourth-order valence-electron chi connectivity index (χ4n) is 5.09. The molecule has 0 fully saturated rings. The Morgan fingerprint density at radius 1 is 0.947 bits per heavy atom. The van der Waals surface area contributed by atoms with Crippen molar-refractivity contribution in [3.05, 3.63) is 96.0 Å². The predicted octanol–water partition coefficient (Wildman–Crippen LogP) is 8.56. The smallest absolute Gasteiger partial charge is 0.150 e. The van der Waals surface area contributed by atoms with Crippen LogP contribution in [0.3, 0.4) is 0 Å². The van der Waals surface area contributed by atoms with E-state index in [-0.39, 0.29) is 6.04 Å². The predicted molar refractivity (Wildman–Crippen MR) is 160 cm³/mol. The number of nitrogens with zero attached hydrogens (tertiary/aromatic N) is 4. The zero-order valence-corrected chi connectivity index (χ0v) is 22.8. The highest BCUT2D eigenvalue weighted by atomic mass is 16.3. The van der Waals surface area contributed by atoms with Gasteiger partial charge in [0.1, 0.15) is 11.6 Å². The Hall–Kier alpha value is -3.86. The molecule has 0 N–H and O–H groups in total. The third-order valence-corrected chi connectivity index (χ3v) is 7.27. The number of benzene rings is 2. The Bertz CT molecular complexity index is 1380. The number of furan rings is 1. The highest BCUT2D eigenvalue weighted by Gasteiger charge is 2.29. The number of hydrogen-bond donors (Lipinski definition) is 0. The summed E-state index contributed by atoms with van der Waals surface area (Å²) in [4.78, 5) is 7.55. The minimum Gasteiger partial charge on any atom is -0.465 e. The number of unbranched alkanes of at least 4 members (excludes halogenated alkanes) is 2. The molecule has 196 valence electrons. The van der Waals surface area contributed by atoms with Crippen LogP contribution in [0.4, 0.5) is 11.5 Å². The summed E-state index contributed by atoms with van der Waals surface area (Å²) >= 11 is 0. The molecule has 38 heavy (non-hydrogen) atoms. The maximum atomic E-state index is 5.50. The summed E-state index contributed by atoms with van der Waals surface area (Å²) in [5.74, 6) is 1.70. The molecule has 2 aromatic carbocycles. The Labute approximate surface area is 226 Å². The van der Waals surface area contributed by atoms with Crippen molar-refractivity contribution in [3.63, 3.8) is 0 Å². The van der Waals surface area contributed by atoms with E-state index in [4.69, 9.17) is 14.5 Å². The van der Waals surface area contributed by atoms with Crippen LogP contribution in [0.15, 0.2) is 88.6 Å². The molecule has 0 saturated carbocycles. The maximum absolute atomic E-state index is 5.50. The fraction of sp³-hybridized carbons (Fsp3) is 0.333. The molecule has 0 saturated heterocycles. The van der Waals surface area contributed by atoms with Crippen LogP contribution in [0.1, 0.15) is 68.9 Å². The van der Waals surface area contributed by atoms with Crippen LogP contribution >= 0.6 is 0 Å². The van der Waals surface area contributed by atoms with Gasteiger partial charge in [-0.1, -0.05) is 57.0 Å². The number of anilines is 2. The summed E-state index contributed by atoms with van der Waals surface area (Å²) in [6.45, 7) is 8.88. The standard InChI is InChI=1S/C33H38N4O/c1-4-6-20-36(21-7-5-2)28-17-14-26(15-18-28)32-24-27(16-19-29-11-10-22-38-29)35-37(32)33-23-25(3)30-12-8-9-13-31(30)34-33/h8-19,22-23,32H,4-7,20-21,24H2,1-3H3. The van der Waals surface area contributed by atoms with Crippen LogP contribution < -0.4 is 9.91 Å². The molecule has 3 heterocycles. The van der Waals surface area contributed by atoms with Gasteiger partial charge in [0.05, 0.1) is 23.5 Å². The lowest BCUT2D eigenvalue weighted by molar-refractivity contribution is 0.557. The van der Waals surface area contributed by atoms with Gasteiger partial charge < -0.3 is 9.32 Å². The highest BCUT2D eigenvalue weighted by molar-refractivity contribution is 6.01. The molecule has 1 unspecified atom stereocenters. The van der Waals surface area contributed by atoms with E-state index in [1.54, 1.807) is 6.26 Å². The molecule has 4 aromatic rings. The zero-order valence-electron chi connectivity index (χ0n) is 22.8. The number of pyridine rings is 1. The van der Waals surface area contributed by atoms with Crippen LogP contribution in [0.25, 0.3) is 17.0 Å². The Balaban J connectivity index is 1.46. The molecule has 5 heteroatoms. The lowest BCUT2D eigenvalue weighted by Gasteiger charge is -2.27. The molecule has 5 rings (SSSR count). The Kier molecular flexibility index (Phi) is 8.22. The van der Waals surface area contributed by atoms with Crippen molar-refractivity contribution in [2.24, 2.45) is 5.10 Å². The summed E-state index contributed by atoms with van der Waals surface area (Å²) in [6, 6.07) is 23.5. The first-order chi connectivity index (χ1) is 18.7. The molecule has 1 aliphatic heterocycles. The van der Waals surface area contributed by atoms with Gasteiger partial charge in [0.2, 0.25) is 0 Å². The summed E-state index contributed by atoms with van der Waals surface area (Å²) in [5.41, 5.74) is 5.76. The monoisotopic (exact) mass is 506 g/mol. The van der Waals surface area contributed by atoms with E-state index in [0.29, 0.717) is 0 Å². The summed E-state index contributed by atoms with van der Waals surface area (Å²) < 4.78 is 5.50. The lowest BCUT2D eigenvalue weighted by atomic mass is 10.0. The minimum atomic E-state index is 0.0769. The van der Waals surface area contributed by atoms with E-state index >= 15 is 0 Å².